The van der Waals surface area contributed by atoms with Crippen molar-refractivity contribution in [1.82, 2.24) is 9.55 Å². The highest BCUT2D eigenvalue weighted by atomic mass is 15.3. The topological polar surface area (TPSA) is 48.4 Å². The zero-order chi connectivity index (χ0) is 33.7. The highest BCUT2D eigenvalue weighted by molar-refractivity contribution is 5.87. The molecule has 1 aromatic heterocycles. The van der Waals surface area contributed by atoms with Crippen LogP contribution in [0, 0.1) is 12.1 Å². The van der Waals surface area contributed by atoms with Crippen molar-refractivity contribution in [1.29, 1.82) is 0 Å². The molecule has 0 saturated carbocycles. The Labute approximate surface area is 296 Å². The van der Waals surface area contributed by atoms with E-state index in [0.717, 1.165) is 73.4 Å². The average Bonchev–Trinajstić information content (AvgIpc) is 3.91. The molecule has 7 aromatic carbocycles. The van der Waals surface area contributed by atoms with Crippen LogP contribution in [0.25, 0.3) is 28.1 Å². The smallest absolute Gasteiger partial charge is 0.145 e. The van der Waals surface area contributed by atoms with Gasteiger partial charge in [0, 0.05) is 16.9 Å². The monoisotopic (exact) mass is 656 g/mol. The molecule has 0 spiro atoms. The van der Waals surface area contributed by atoms with Crippen LogP contribution in [0.5, 0.6) is 0 Å². The molecular weight excluding hydrogens is 625 g/mol. The Balaban J connectivity index is 1.22. The van der Waals surface area contributed by atoms with Crippen LogP contribution < -0.4 is 20.4 Å². The largest absolute Gasteiger partial charge is 0.359 e. The highest BCUT2D eigenvalue weighted by Gasteiger charge is 2.35. The summed E-state index contributed by atoms with van der Waals surface area (Å²) < 4.78 is 2.28. The third-order valence-corrected chi connectivity index (χ3v) is 9.80. The lowest BCUT2D eigenvalue weighted by atomic mass is 9.99. The Morgan fingerprint density at radius 2 is 1.12 bits per heavy atom. The van der Waals surface area contributed by atoms with Crippen molar-refractivity contribution < 1.29 is 0 Å². The molecule has 2 unspecified atom stereocenters. The predicted molar refractivity (Wildman–Crippen MR) is 207 cm³/mol. The van der Waals surface area contributed by atoms with Crippen LogP contribution in [0.1, 0.15) is 23.5 Å². The first-order valence-corrected chi connectivity index (χ1v) is 17.2. The Morgan fingerprint density at radius 3 is 1.80 bits per heavy atom. The number of hydrogen-bond donors (Lipinski definition) is 2. The van der Waals surface area contributed by atoms with Gasteiger partial charge in [-0.1, -0.05) is 84.9 Å². The van der Waals surface area contributed by atoms with E-state index in [1.54, 1.807) is 0 Å². The van der Waals surface area contributed by atoms with Crippen molar-refractivity contribution >= 4 is 45.2 Å². The van der Waals surface area contributed by atoms with Crippen LogP contribution in [0.3, 0.4) is 0 Å². The quantitative estimate of drug-likeness (QED) is 0.187. The van der Waals surface area contributed by atoms with Crippen molar-refractivity contribution in [2.45, 2.75) is 12.3 Å². The molecule has 6 nitrogen and oxygen atoms in total. The van der Waals surface area contributed by atoms with E-state index in [2.05, 4.69) is 195 Å². The Bertz CT molecular complexity index is 2400. The van der Waals surface area contributed by atoms with Gasteiger partial charge in [0.2, 0.25) is 0 Å². The van der Waals surface area contributed by atoms with Crippen molar-refractivity contribution in [2.75, 3.05) is 20.4 Å². The summed E-state index contributed by atoms with van der Waals surface area (Å²) in [4.78, 5) is 10.0. The van der Waals surface area contributed by atoms with Gasteiger partial charge in [-0.2, -0.15) is 0 Å². The summed E-state index contributed by atoms with van der Waals surface area (Å²) in [6, 6.07) is 66.0. The van der Waals surface area contributed by atoms with Crippen molar-refractivity contribution in [3.8, 4) is 17.1 Å². The van der Waals surface area contributed by atoms with Crippen LogP contribution in [0.2, 0.25) is 0 Å². The van der Waals surface area contributed by atoms with E-state index in [0.29, 0.717) is 0 Å². The third-order valence-electron chi connectivity index (χ3n) is 9.80. The van der Waals surface area contributed by atoms with Crippen LogP contribution in [0.15, 0.2) is 170 Å². The van der Waals surface area contributed by atoms with Gasteiger partial charge in [0.05, 0.1) is 39.5 Å². The second-order valence-corrected chi connectivity index (χ2v) is 12.9. The van der Waals surface area contributed by atoms with Gasteiger partial charge in [0.25, 0.3) is 0 Å². The summed E-state index contributed by atoms with van der Waals surface area (Å²) >= 11 is 0. The summed E-state index contributed by atoms with van der Waals surface area (Å²) in [5, 5.41) is 7.74. The molecule has 0 fully saturated rings. The fourth-order valence-corrected chi connectivity index (χ4v) is 7.59. The Hall–Kier alpha value is -6.97. The number of anilines is 6. The number of para-hydroxylation sites is 8. The lowest BCUT2D eigenvalue weighted by Crippen LogP contribution is -2.26. The van der Waals surface area contributed by atoms with E-state index >= 15 is 0 Å². The minimum absolute atomic E-state index is 0.174. The minimum Gasteiger partial charge on any atom is -0.359 e. The van der Waals surface area contributed by atoms with Gasteiger partial charge in [-0.25, -0.2) is 4.98 Å². The molecule has 2 atom stereocenters. The summed E-state index contributed by atoms with van der Waals surface area (Å²) in [5.41, 5.74) is 12.8. The molecule has 2 aliphatic rings. The normalized spacial score (nSPS) is 15.9. The fraction of sp³-hybridized carbons (Fsp3) is 0.0444. The van der Waals surface area contributed by atoms with Gasteiger partial charge in [0.15, 0.2) is 0 Å². The molecule has 3 heterocycles. The lowest BCUT2D eigenvalue weighted by Gasteiger charge is -2.30. The van der Waals surface area contributed by atoms with Crippen LogP contribution >= 0.6 is 0 Å². The van der Waals surface area contributed by atoms with E-state index in [9.17, 15) is 0 Å². The third kappa shape index (κ3) is 4.86. The van der Waals surface area contributed by atoms with E-state index in [4.69, 9.17) is 4.98 Å². The molecule has 242 valence electrons. The van der Waals surface area contributed by atoms with Gasteiger partial charge in [-0.05, 0) is 108 Å². The number of rotatable bonds is 6. The number of nitrogens with one attached hydrogen (secondary N) is 2. The molecule has 0 bridgehead atoms. The summed E-state index contributed by atoms with van der Waals surface area (Å²) in [6.07, 6.45) is -0.386. The maximum absolute atomic E-state index is 5.31. The first kappa shape index (κ1) is 29.0. The minimum atomic E-state index is -0.211. The van der Waals surface area contributed by atoms with E-state index < -0.39 is 0 Å². The summed E-state index contributed by atoms with van der Waals surface area (Å²) in [7, 11) is 0. The van der Waals surface area contributed by atoms with Gasteiger partial charge in [-0.3, -0.25) is 4.57 Å². The lowest BCUT2D eigenvalue weighted by molar-refractivity contribution is 0.800. The number of imidazole rings is 1. The number of nitrogens with zero attached hydrogens (tertiary/aromatic N) is 4. The molecule has 0 saturated heterocycles. The SMILES string of the molecule is c1cccc(N2c3ccccc3NC2c2cc(-c3nc4ccccc4n3-c3ccccc3)cc(C3Nc4ccccc4N3c3ccccc3)c2)c#1. The van der Waals surface area contributed by atoms with Gasteiger partial charge >= 0.3 is 0 Å². The van der Waals surface area contributed by atoms with Crippen LogP contribution in [-0.4, -0.2) is 9.55 Å². The molecule has 10 rings (SSSR count). The molecule has 0 amide bonds. The summed E-state index contributed by atoms with van der Waals surface area (Å²) in [5.74, 6) is 0.883. The van der Waals surface area contributed by atoms with Gasteiger partial charge in [0.1, 0.15) is 18.2 Å². The molecule has 2 N–H and O–H groups in total. The van der Waals surface area contributed by atoms with Crippen molar-refractivity contribution in [2.24, 2.45) is 0 Å². The Morgan fingerprint density at radius 1 is 0.529 bits per heavy atom. The maximum Gasteiger partial charge on any atom is 0.145 e. The molecule has 51 heavy (non-hydrogen) atoms. The standard InChI is InChI=1S/C45H32N6/c1-4-16-34(17-5-1)49-40-25-13-10-22-37(40)46-43(49)31-28-32(44-47-38-23-11-14-26-41(38)50(44)35-18-6-2-7-19-35)30-33(29-31)45-48-39-24-12-15-27-42(39)51(45)36-20-8-3-9-21-36/h1-8,10-20,22-30,43,45-46,48H. The van der Waals surface area contributed by atoms with Crippen LogP contribution in [-0.2, 0) is 0 Å². The number of aromatic nitrogens is 2. The molecule has 0 radical (unpaired) electrons. The zero-order valence-corrected chi connectivity index (χ0v) is 27.6. The first-order valence-electron chi connectivity index (χ1n) is 17.2. The number of fused-ring (bicyclic) bond motifs is 3. The Kier molecular flexibility index (Phi) is 6.75. The molecule has 0 aliphatic carbocycles. The zero-order valence-electron chi connectivity index (χ0n) is 27.6. The summed E-state index contributed by atoms with van der Waals surface area (Å²) in [6.45, 7) is 0. The maximum atomic E-state index is 5.31. The molecule has 2 aliphatic heterocycles. The second-order valence-electron chi connectivity index (χ2n) is 12.9. The van der Waals surface area contributed by atoms with Crippen molar-refractivity contribution in [3.05, 3.63) is 193 Å². The van der Waals surface area contributed by atoms with Gasteiger partial charge in [-0.15, -0.1) is 0 Å². The second kappa shape index (κ2) is 11.9. The first-order chi connectivity index (χ1) is 25.3. The number of benzene rings is 6. The number of hydrogen-bond acceptors (Lipinski definition) is 5. The van der Waals surface area contributed by atoms with Crippen LogP contribution in [0.4, 0.5) is 34.1 Å². The van der Waals surface area contributed by atoms with Gasteiger partial charge < -0.3 is 20.4 Å². The predicted octanol–water partition coefficient (Wildman–Crippen LogP) is 10.8. The van der Waals surface area contributed by atoms with Crippen molar-refractivity contribution in [3.63, 3.8) is 0 Å². The van der Waals surface area contributed by atoms with E-state index in [1.807, 2.05) is 12.1 Å². The molecule has 8 aromatic rings. The molecule has 6 heteroatoms. The highest BCUT2D eigenvalue weighted by Crippen LogP contribution is 2.49. The van der Waals surface area contributed by atoms with E-state index in [-0.39, 0.29) is 12.3 Å². The average molecular weight is 657 g/mol. The molecular formula is C45H32N6. The van der Waals surface area contributed by atoms with E-state index in [1.165, 1.54) is 0 Å². The fourth-order valence-electron chi connectivity index (χ4n) is 7.59.